The molecule has 2 atom stereocenters. The van der Waals surface area contributed by atoms with E-state index < -0.39 is 18.1 Å². The minimum atomic E-state index is -0.779. The van der Waals surface area contributed by atoms with Crippen LogP contribution in [0.5, 0.6) is 0 Å². The zero-order chi connectivity index (χ0) is 15.2. The highest BCUT2D eigenvalue weighted by molar-refractivity contribution is 5.91. The summed E-state index contributed by atoms with van der Waals surface area (Å²) in [6.07, 6.45) is -0.351. The lowest BCUT2D eigenvalue weighted by Gasteiger charge is -2.21. The van der Waals surface area contributed by atoms with Gasteiger partial charge in [-0.3, -0.25) is 0 Å². The molecule has 2 aromatic carbocycles. The van der Waals surface area contributed by atoms with Gasteiger partial charge in [0.25, 0.3) is 0 Å². The summed E-state index contributed by atoms with van der Waals surface area (Å²) in [5.74, 6) is -0.451. The summed E-state index contributed by atoms with van der Waals surface area (Å²) in [5.41, 5.74) is 8.10. The minimum Gasteiger partial charge on any atom is -0.465 e. The average molecular weight is 322 g/mol. The van der Waals surface area contributed by atoms with Crippen molar-refractivity contribution >= 4 is 18.4 Å². The fourth-order valence-electron chi connectivity index (χ4n) is 2.27. The molecule has 118 valence electrons. The molecule has 0 saturated heterocycles. The van der Waals surface area contributed by atoms with Crippen LogP contribution in [0, 0.1) is 0 Å². The molecule has 5 heteroatoms. The number of carbonyl (C=O) groups excluding carboxylic acids is 1. The Morgan fingerprint density at radius 1 is 1.14 bits per heavy atom. The van der Waals surface area contributed by atoms with Crippen LogP contribution in [0.2, 0.25) is 0 Å². The number of nitrogens with two attached hydrogens (primary N) is 1. The number of methoxy groups -OCH3 is 1. The lowest BCUT2D eigenvalue weighted by Crippen LogP contribution is -2.29. The molecular formula is C17H20ClNO3. The molecule has 0 spiro atoms. The van der Waals surface area contributed by atoms with Crippen LogP contribution in [0.1, 0.15) is 27.5 Å². The van der Waals surface area contributed by atoms with Crippen LogP contribution in [-0.4, -0.2) is 24.3 Å². The van der Waals surface area contributed by atoms with Gasteiger partial charge in [0.15, 0.2) is 0 Å². The van der Waals surface area contributed by atoms with Crippen molar-refractivity contribution in [1.29, 1.82) is 0 Å². The molecule has 0 aromatic heterocycles. The van der Waals surface area contributed by atoms with Crippen LogP contribution < -0.4 is 5.73 Å². The molecule has 0 saturated carbocycles. The standard InChI is InChI=1S/C17H19NO3.ClH/c1-21-17(20)14-10-6-5-9-13(14)16(18)15(19)11-12-7-3-2-4-8-12;/h2-10,15-16,19H,11,18H2,1H3;1H/t15-,16+;/m1./s1. The van der Waals surface area contributed by atoms with Crippen molar-refractivity contribution in [2.24, 2.45) is 5.73 Å². The first kappa shape index (κ1) is 18.2. The van der Waals surface area contributed by atoms with Crippen molar-refractivity contribution in [1.82, 2.24) is 0 Å². The van der Waals surface area contributed by atoms with Crippen LogP contribution in [0.3, 0.4) is 0 Å². The molecule has 0 aliphatic carbocycles. The number of aliphatic hydroxyl groups excluding tert-OH is 1. The Balaban J connectivity index is 0.00000242. The zero-order valence-electron chi connectivity index (χ0n) is 12.3. The number of esters is 1. The van der Waals surface area contributed by atoms with Gasteiger partial charge in [0.2, 0.25) is 0 Å². The Kier molecular flexibility index (Phi) is 7.05. The van der Waals surface area contributed by atoms with E-state index in [-0.39, 0.29) is 12.4 Å². The molecular weight excluding hydrogens is 302 g/mol. The molecule has 0 bridgehead atoms. The molecule has 0 aliphatic heterocycles. The smallest absolute Gasteiger partial charge is 0.338 e. The van der Waals surface area contributed by atoms with Gasteiger partial charge in [-0.25, -0.2) is 4.79 Å². The number of ether oxygens (including phenoxy) is 1. The highest BCUT2D eigenvalue weighted by Crippen LogP contribution is 2.22. The molecule has 0 fully saturated rings. The molecule has 0 amide bonds. The third-order valence-corrected chi connectivity index (χ3v) is 3.43. The summed E-state index contributed by atoms with van der Waals surface area (Å²) in [6.45, 7) is 0. The normalized spacial score (nSPS) is 12.9. The molecule has 0 unspecified atom stereocenters. The Bertz CT molecular complexity index is 604. The Morgan fingerprint density at radius 3 is 2.36 bits per heavy atom. The quantitative estimate of drug-likeness (QED) is 0.830. The van der Waals surface area contributed by atoms with Gasteiger partial charge in [0.05, 0.1) is 24.8 Å². The average Bonchev–Trinajstić information content (AvgIpc) is 2.54. The molecule has 22 heavy (non-hydrogen) atoms. The lowest BCUT2D eigenvalue weighted by molar-refractivity contribution is 0.0597. The van der Waals surface area contributed by atoms with E-state index in [1.165, 1.54) is 7.11 Å². The number of benzene rings is 2. The van der Waals surface area contributed by atoms with Crippen LogP contribution in [0.4, 0.5) is 0 Å². The summed E-state index contributed by atoms with van der Waals surface area (Å²) >= 11 is 0. The fraction of sp³-hybridized carbons (Fsp3) is 0.235. The monoisotopic (exact) mass is 321 g/mol. The van der Waals surface area contributed by atoms with E-state index in [1.807, 2.05) is 30.3 Å². The van der Waals surface area contributed by atoms with E-state index in [9.17, 15) is 9.90 Å². The largest absolute Gasteiger partial charge is 0.465 e. The number of halogens is 1. The van der Waals surface area contributed by atoms with Gasteiger partial charge in [-0.15, -0.1) is 12.4 Å². The van der Waals surface area contributed by atoms with Crippen molar-refractivity contribution in [2.75, 3.05) is 7.11 Å². The number of hydrogen-bond acceptors (Lipinski definition) is 4. The highest BCUT2D eigenvalue weighted by atomic mass is 35.5. The molecule has 0 radical (unpaired) electrons. The van der Waals surface area contributed by atoms with Gasteiger partial charge in [-0.2, -0.15) is 0 Å². The molecule has 2 aromatic rings. The van der Waals surface area contributed by atoms with Crippen molar-refractivity contribution in [3.05, 3.63) is 71.3 Å². The van der Waals surface area contributed by atoms with E-state index in [2.05, 4.69) is 0 Å². The maximum atomic E-state index is 11.8. The Labute approximate surface area is 136 Å². The lowest BCUT2D eigenvalue weighted by atomic mass is 9.93. The molecule has 2 rings (SSSR count). The highest BCUT2D eigenvalue weighted by Gasteiger charge is 2.22. The molecule has 0 aliphatic rings. The number of rotatable bonds is 5. The van der Waals surface area contributed by atoms with Crippen LogP contribution in [0.25, 0.3) is 0 Å². The van der Waals surface area contributed by atoms with Gasteiger partial charge in [0.1, 0.15) is 0 Å². The van der Waals surface area contributed by atoms with Crippen LogP contribution >= 0.6 is 12.4 Å². The summed E-state index contributed by atoms with van der Waals surface area (Å²) in [5, 5.41) is 10.3. The summed E-state index contributed by atoms with van der Waals surface area (Å²) in [4.78, 5) is 11.8. The first-order valence-corrected chi connectivity index (χ1v) is 6.78. The van der Waals surface area contributed by atoms with Crippen LogP contribution in [-0.2, 0) is 11.2 Å². The molecule has 0 heterocycles. The predicted molar refractivity (Wildman–Crippen MR) is 88.1 cm³/mol. The van der Waals surface area contributed by atoms with E-state index in [0.29, 0.717) is 17.5 Å². The van der Waals surface area contributed by atoms with Gasteiger partial charge < -0.3 is 15.6 Å². The Morgan fingerprint density at radius 2 is 1.73 bits per heavy atom. The first-order valence-electron chi connectivity index (χ1n) is 6.78. The zero-order valence-corrected chi connectivity index (χ0v) is 13.1. The van der Waals surface area contributed by atoms with E-state index >= 15 is 0 Å². The van der Waals surface area contributed by atoms with Crippen molar-refractivity contribution < 1.29 is 14.6 Å². The summed E-state index contributed by atoms with van der Waals surface area (Å²) < 4.78 is 4.75. The van der Waals surface area contributed by atoms with E-state index in [0.717, 1.165) is 5.56 Å². The third kappa shape index (κ3) is 4.31. The maximum absolute atomic E-state index is 11.8. The minimum absolute atomic E-state index is 0. The van der Waals surface area contributed by atoms with Crippen molar-refractivity contribution in [3.8, 4) is 0 Å². The topological polar surface area (TPSA) is 72.5 Å². The van der Waals surface area contributed by atoms with Crippen LogP contribution in [0.15, 0.2) is 54.6 Å². The number of aliphatic hydroxyl groups is 1. The van der Waals surface area contributed by atoms with Crippen molar-refractivity contribution in [3.63, 3.8) is 0 Å². The summed E-state index contributed by atoms with van der Waals surface area (Å²) in [7, 11) is 1.32. The van der Waals surface area contributed by atoms with Gasteiger partial charge in [0, 0.05) is 6.42 Å². The number of hydrogen-bond donors (Lipinski definition) is 2. The SMILES string of the molecule is COC(=O)c1ccccc1[C@H](N)[C@H](O)Cc1ccccc1.Cl. The molecule has 4 nitrogen and oxygen atoms in total. The second-order valence-corrected chi connectivity index (χ2v) is 4.86. The second-order valence-electron chi connectivity index (χ2n) is 4.86. The van der Waals surface area contributed by atoms with E-state index in [4.69, 9.17) is 10.5 Å². The predicted octanol–water partition coefficient (Wildman–Crippen LogP) is 2.50. The fourth-order valence-corrected chi connectivity index (χ4v) is 2.27. The van der Waals surface area contributed by atoms with E-state index in [1.54, 1.807) is 24.3 Å². The van der Waals surface area contributed by atoms with Gasteiger partial charge >= 0.3 is 5.97 Å². The molecule has 3 N–H and O–H groups in total. The Hall–Kier alpha value is -1.88. The maximum Gasteiger partial charge on any atom is 0.338 e. The van der Waals surface area contributed by atoms with Crippen molar-refractivity contribution in [2.45, 2.75) is 18.6 Å². The number of carbonyl (C=O) groups is 1. The second kappa shape index (κ2) is 8.54. The van der Waals surface area contributed by atoms with Gasteiger partial charge in [-0.1, -0.05) is 48.5 Å². The third-order valence-electron chi connectivity index (χ3n) is 3.43. The van der Waals surface area contributed by atoms with Gasteiger partial charge in [-0.05, 0) is 17.2 Å². The summed E-state index contributed by atoms with van der Waals surface area (Å²) in [6, 6.07) is 15.9. The first-order chi connectivity index (χ1) is 10.1.